The van der Waals surface area contributed by atoms with E-state index in [4.69, 9.17) is 9.47 Å². The van der Waals surface area contributed by atoms with Crippen molar-refractivity contribution < 1.29 is 19.1 Å². The first kappa shape index (κ1) is 25.0. The number of hydrogen-bond acceptors (Lipinski definition) is 5. The predicted molar refractivity (Wildman–Crippen MR) is 135 cm³/mol. The van der Waals surface area contributed by atoms with E-state index in [9.17, 15) is 14.9 Å². The second kappa shape index (κ2) is 11.0. The standard InChI is InChI=1S/C26H29IN2O4/c1-4-32-24(30)7-5-6-20-10-9-19(16-28)14-22(20)29-25(31)21-15-26(21)12-13-33-23(18(26)3)11-8-17(2)27/h8-11,14,21H,2,4-7,12-13,15H2,1,3H3,(H,29,31)/b11-8-/t21-,26?/m0/s1. The molecule has 0 saturated heterocycles. The number of allylic oxidation sites excluding steroid dienone is 4. The van der Waals surface area contributed by atoms with Gasteiger partial charge in [0.15, 0.2) is 0 Å². The van der Waals surface area contributed by atoms with Gasteiger partial charge in [-0.3, -0.25) is 9.59 Å². The van der Waals surface area contributed by atoms with Crippen LogP contribution in [0, 0.1) is 22.7 Å². The molecule has 33 heavy (non-hydrogen) atoms. The third-order valence-corrected chi connectivity index (χ3v) is 6.72. The van der Waals surface area contributed by atoms with Gasteiger partial charge in [0.2, 0.25) is 5.91 Å². The van der Waals surface area contributed by atoms with Crippen LogP contribution < -0.4 is 5.32 Å². The first-order chi connectivity index (χ1) is 15.8. The Hall–Kier alpha value is -2.60. The molecule has 1 aromatic rings. The Balaban J connectivity index is 1.72. The van der Waals surface area contributed by atoms with Gasteiger partial charge >= 0.3 is 5.97 Å². The number of aryl methyl sites for hydroxylation is 1. The van der Waals surface area contributed by atoms with E-state index in [2.05, 4.69) is 40.6 Å². The van der Waals surface area contributed by atoms with Gasteiger partial charge in [-0.1, -0.05) is 12.6 Å². The molecule has 1 N–H and O–H groups in total. The van der Waals surface area contributed by atoms with Crippen molar-refractivity contribution in [2.45, 2.75) is 46.0 Å². The highest BCUT2D eigenvalue weighted by molar-refractivity contribution is 14.1. The van der Waals surface area contributed by atoms with E-state index in [0.29, 0.717) is 43.7 Å². The van der Waals surface area contributed by atoms with Crippen LogP contribution in [0.5, 0.6) is 0 Å². The average molecular weight is 560 g/mol. The van der Waals surface area contributed by atoms with E-state index in [-0.39, 0.29) is 23.2 Å². The Kier molecular flexibility index (Phi) is 8.35. The number of esters is 1. The maximum absolute atomic E-state index is 13.2. The fourth-order valence-electron chi connectivity index (χ4n) is 4.42. The topological polar surface area (TPSA) is 88.4 Å². The molecule has 0 bridgehead atoms. The smallest absolute Gasteiger partial charge is 0.305 e. The zero-order valence-corrected chi connectivity index (χ0v) is 21.2. The second-order valence-corrected chi connectivity index (χ2v) is 9.80. The summed E-state index contributed by atoms with van der Waals surface area (Å²) in [4.78, 5) is 24.9. The van der Waals surface area contributed by atoms with Gasteiger partial charge in [0, 0.05) is 27.0 Å². The van der Waals surface area contributed by atoms with E-state index in [0.717, 1.165) is 33.3 Å². The summed E-state index contributed by atoms with van der Waals surface area (Å²) in [5.41, 5.74) is 2.96. The van der Waals surface area contributed by atoms with E-state index in [1.165, 1.54) is 0 Å². The lowest BCUT2D eigenvalue weighted by Crippen LogP contribution is -2.24. The number of carbonyl (C=O) groups is 2. The Labute approximate surface area is 208 Å². The molecule has 3 rings (SSSR count). The van der Waals surface area contributed by atoms with E-state index in [1.807, 2.05) is 25.1 Å². The van der Waals surface area contributed by atoms with Gasteiger partial charge < -0.3 is 14.8 Å². The van der Waals surface area contributed by atoms with Crippen molar-refractivity contribution in [1.82, 2.24) is 0 Å². The summed E-state index contributed by atoms with van der Waals surface area (Å²) >= 11 is 2.15. The molecule has 1 aliphatic heterocycles. The van der Waals surface area contributed by atoms with Crippen LogP contribution in [0.3, 0.4) is 0 Å². The molecular formula is C26H29IN2O4. The number of anilines is 1. The van der Waals surface area contributed by atoms with Crippen molar-refractivity contribution in [3.63, 3.8) is 0 Å². The van der Waals surface area contributed by atoms with Crippen LogP contribution in [-0.2, 0) is 25.5 Å². The minimum atomic E-state index is -0.227. The highest BCUT2D eigenvalue weighted by Gasteiger charge is 2.60. The number of rotatable bonds is 9. The van der Waals surface area contributed by atoms with Crippen molar-refractivity contribution in [3.8, 4) is 6.07 Å². The molecule has 1 heterocycles. The largest absolute Gasteiger partial charge is 0.494 e. The number of ether oxygens (including phenoxy) is 2. The first-order valence-corrected chi connectivity index (χ1v) is 12.2. The maximum atomic E-state index is 13.2. The molecule has 2 atom stereocenters. The van der Waals surface area contributed by atoms with E-state index >= 15 is 0 Å². The summed E-state index contributed by atoms with van der Waals surface area (Å²) in [7, 11) is 0. The summed E-state index contributed by atoms with van der Waals surface area (Å²) in [5.74, 6) is 0.417. The van der Waals surface area contributed by atoms with Crippen LogP contribution in [0.25, 0.3) is 0 Å². The molecule has 1 unspecified atom stereocenters. The second-order valence-electron chi connectivity index (χ2n) is 8.41. The maximum Gasteiger partial charge on any atom is 0.305 e. The average Bonchev–Trinajstić information content (AvgIpc) is 3.51. The summed E-state index contributed by atoms with van der Waals surface area (Å²) in [6, 6.07) is 7.42. The zero-order valence-electron chi connectivity index (χ0n) is 19.1. The van der Waals surface area contributed by atoms with Gasteiger partial charge in [0.05, 0.1) is 24.8 Å². The quantitative estimate of drug-likeness (QED) is 0.242. The summed E-state index contributed by atoms with van der Waals surface area (Å²) in [6.45, 7) is 8.65. The SMILES string of the molecule is C=C(I)/C=C\C1=C(C)C2(CCO1)C[C@H]2C(=O)Nc1cc(C#N)ccc1CCCC(=O)OCC. The zero-order chi connectivity index (χ0) is 24.0. The van der Waals surface area contributed by atoms with Crippen LogP contribution >= 0.6 is 22.6 Å². The van der Waals surface area contributed by atoms with Gasteiger partial charge in [-0.25, -0.2) is 0 Å². The van der Waals surface area contributed by atoms with Crippen molar-refractivity contribution in [1.29, 1.82) is 5.26 Å². The number of nitrogens with zero attached hydrogens (tertiary/aromatic N) is 1. The fraction of sp³-hybridized carbons (Fsp3) is 0.423. The monoisotopic (exact) mass is 560 g/mol. The van der Waals surface area contributed by atoms with Gasteiger partial charge in [-0.05, 0) is 97.5 Å². The minimum Gasteiger partial charge on any atom is -0.494 e. The van der Waals surface area contributed by atoms with Crippen LogP contribution in [-0.4, -0.2) is 25.1 Å². The Morgan fingerprint density at radius 1 is 1.45 bits per heavy atom. The summed E-state index contributed by atoms with van der Waals surface area (Å²) < 4.78 is 11.7. The molecule has 1 aliphatic carbocycles. The lowest BCUT2D eigenvalue weighted by molar-refractivity contribution is -0.143. The number of amides is 1. The van der Waals surface area contributed by atoms with Crippen LogP contribution in [0.15, 0.2) is 51.8 Å². The molecule has 7 heteroatoms. The van der Waals surface area contributed by atoms with Gasteiger partial charge in [0.25, 0.3) is 0 Å². The van der Waals surface area contributed by atoms with E-state index in [1.54, 1.807) is 19.1 Å². The van der Waals surface area contributed by atoms with Crippen LogP contribution in [0.2, 0.25) is 0 Å². The molecule has 1 saturated carbocycles. The summed E-state index contributed by atoms with van der Waals surface area (Å²) in [6.07, 6.45) is 6.96. The predicted octanol–water partition coefficient (Wildman–Crippen LogP) is 5.59. The van der Waals surface area contributed by atoms with Crippen molar-refractivity contribution in [2.75, 3.05) is 18.5 Å². The molecule has 1 aromatic carbocycles. The highest BCUT2D eigenvalue weighted by atomic mass is 127. The molecule has 0 aromatic heterocycles. The molecule has 1 fully saturated rings. The summed E-state index contributed by atoms with van der Waals surface area (Å²) in [5, 5.41) is 12.4. The van der Waals surface area contributed by atoms with Gasteiger partial charge in [-0.15, -0.1) is 0 Å². The van der Waals surface area contributed by atoms with Gasteiger partial charge in [0.1, 0.15) is 5.76 Å². The van der Waals surface area contributed by atoms with E-state index < -0.39 is 0 Å². The lowest BCUT2D eigenvalue weighted by Gasteiger charge is -2.27. The molecule has 2 aliphatic rings. The molecule has 1 amide bonds. The number of benzene rings is 1. The lowest BCUT2D eigenvalue weighted by atomic mass is 9.87. The number of nitrogens with one attached hydrogen (secondary N) is 1. The molecule has 6 nitrogen and oxygen atoms in total. The number of nitriles is 1. The normalized spacial score (nSPS) is 21.5. The van der Waals surface area contributed by atoms with Crippen LogP contribution in [0.4, 0.5) is 5.69 Å². The fourth-order valence-corrected chi connectivity index (χ4v) is 4.60. The molecule has 0 radical (unpaired) electrons. The third-order valence-electron chi connectivity index (χ3n) is 6.36. The molecular weight excluding hydrogens is 531 g/mol. The van der Waals surface area contributed by atoms with Crippen molar-refractivity contribution in [2.24, 2.45) is 11.3 Å². The first-order valence-electron chi connectivity index (χ1n) is 11.2. The molecule has 1 spiro atoms. The molecule has 174 valence electrons. The van der Waals surface area contributed by atoms with Crippen molar-refractivity contribution >= 4 is 40.2 Å². The highest BCUT2D eigenvalue weighted by Crippen LogP contribution is 2.62. The van der Waals surface area contributed by atoms with Crippen LogP contribution in [0.1, 0.15) is 50.7 Å². The number of carbonyl (C=O) groups excluding carboxylic acids is 2. The minimum absolute atomic E-state index is 0.0420. The van der Waals surface area contributed by atoms with Gasteiger partial charge in [-0.2, -0.15) is 5.26 Å². The Morgan fingerprint density at radius 2 is 2.24 bits per heavy atom. The number of hydrogen-bond donors (Lipinski definition) is 1. The Morgan fingerprint density at radius 3 is 2.94 bits per heavy atom. The van der Waals surface area contributed by atoms with Crippen molar-refractivity contribution in [3.05, 3.63) is 63.0 Å². The number of halogens is 1. The Bertz CT molecular complexity index is 1050. The third kappa shape index (κ3) is 6.05.